The van der Waals surface area contributed by atoms with Crippen molar-refractivity contribution >= 4 is 23.2 Å². The molecule has 2 atom stereocenters. The molecule has 0 aromatic carbocycles. The van der Waals surface area contributed by atoms with Gasteiger partial charge in [-0.25, -0.2) is 0 Å². The van der Waals surface area contributed by atoms with Gasteiger partial charge in [-0.15, -0.1) is 11.3 Å². The maximum absolute atomic E-state index is 12.9. The third kappa shape index (κ3) is 2.96. The molecule has 0 radical (unpaired) electrons. The van der Waals surface area contributed by atoms with Crippen LogP contribution >= 0.6 is 11.3 Å². The van der Waals surface area contributed by atoms with Crippen LogP contribution in [0.5, 0.6) is 0 Å². The van der Waals surface area contributed by atoms with E-state index in [1.807, 2.05) is 11.4 Å². The molecule has 1 aromatic heterocycles. The van der Waals surface area contributed by atoms with E-state index in [-0.39, 0.29) is 24.3 Å². The molecule has 1 fully saturated rings. The molecule has 114 valence electrons. The van der Waals surface area contributed by atoms with Crippen molar-refractivity contribution in [3.05, 3.63) is 21.9 Å². The van der Waals surface area contributed by atoms with Gasteiger partial charge in [-0.3, -0.25) is 9.59 Å². The van der Waals surface area contributed by atoms with Crippen molar-refractivity contribution in [1.82, 2.24) is 4.90 Å². The fourth-order valence-electron chi connectivity index (χ4n) is 3.26. The fourth-order valence-corrected chi connectivity index (χ4v) is 4.25. The van der Waals surface area contributed by atoms with Gasteiger partial charge >= 0.3 is 5.97 Å². The smallest absolute Gasteiger partial charge is 0.305 e. The zero-order chi connectivity index (χ0) is 14.8. The van der Waals surface area contributed by atoms with Gasteiger partial charge in [0.1, 0.15) is 0 Å². The minimum absolute atomic E-state index is 0.0467. The molecular weight excluding hydrogens is 290 g/mol. The van der Waals surface area contributed by atoms with E-state index in [2.05, 4.69) is 0 Å². The maximum Gasteiger partial charge on any atom is 0.305 e. The van der Waals surface area contributed by atoms with Crippen LogP contribution in [-0.2, 0) is 20.7 Å². The Hall–Kier alpha value is -1.40. The number of carbonyl (C=O) groups excluding carboxylic acids is 1. The second-order valence-electron chi connectivity index (χ2n) is 5.60. The molecule has 0 bridgehead atoms. The summed E-state index contributed by atoms with van der Waals surface area (Å²) >= 11 is 1.72. The number of nitrogens with zero attached hydrogens (tertiary/aromatic N) is 1. The van der Waals surface area contributed by atoms with Crippen LogP contribution in [0.2, 0.25) is 0 Å². The highest BCUT2D eigenvalue weighted by molar-refractivity contribution is 7.10. The molecule has 2 heterocycles. The Bertz CT molecular complexity index is 542. The van der Waals surface area contributed by atoms with Crippen LogP contribution in [0.3, 0.4) is 0 Å². The number of carboxylic acid groups (broad SMARTS) is 1. The summed E-state index contributed by atoms with van der Waals surface area (Å²) in [5.41, 5.74) is 1.15. The SMILES string of the molecule is O=C(O)CC1COCCN1C(=O)C1CCCc2sccc21. The Morgan fingerprint density at radius 1 is 1.48 bits per heavy atom. The summed E-state index contributed by atoms with van der Waals surface area (Å²) in [6, 6.07) is 1.71. The number of amides is 1. The van der Waals surface area contributed by atoms with Crippen LogP contribution in [0, 0.1) is 0 Å². The number of aryl methyl sites for hydroxylation is 1. The van der Waals surface area contributed by atoms with Crippen molar-refractivity contribution in [1.29, 1.82) is 0 Å². The van der Waals surface area contributed by atoms with E-state index in [9.17, 15) is 9.59 Å². The normalized spacial score (nSPS) is 25.4. The van der Waals surface area contributed by atoms with Crippen LogP contribution < -0.4 is 0 Å². The highest BCUT2D eigenvalue weighted by Crippen LogP contribution is 2.36. The molecule has 5 nitrogen and oxygen atoms in total. The standard InChI is InChI=1S/C15H19NO4S/c17-14(18)8-10-9-20-6-5-16(10)15(19)12-2-1-3-13-11(12)4-7-21-13/h4,7,10,12H,1-3,5-6,8-9H2,(H,17,18). The van der Waals surface area contributed by atoms with Crippen molar-refractivity contribution in [3.8, 4) is 0 Å². The molecule has 2 aliphatic rings. The minimum atomic E-state index is -0.886. The fraction of sp³-hybridized carbons (Fsp3) is 0.600. The van der Waals surface area contributed by atoms with Crippen molar-refractivity contribution in [2.45, 2.75) is 37.6 Å². The number of carboxylic acids is 1. The lowest BCUT2D eigenvalue weighted by Crippen LogP contribution is -2.51. The Morgan fingerprint density at radius 3 is 3.14 bits per heavy atom. The van der Waals surface area contributed by atoms with Crippen LogP contribution in [-0.4, -0.2) is 47.7 Å². The van der Waals surface area contributed by atoms with E-state index < -0.39 is 5.97 Å². The molecule has 0 saturated carbocycles. The molecule has 6 heteroatoms. The Labute approximate surface area is 127 Å². The lowest BCUT2D eigenvalue weighted by Gasteiger charge is -2.38. The zero-order valence-electron chi connectivity index (χ0n) is 11.8. The van der Waals surface area contributed by atoms with Crippen molar-refractivity contribution in [3.63, 3.8) is 0 Å². The first-order valence-electron chi connectivity index (χ1n) is 7.33. The summed E-state index contributed by atoms with van der Waals surface area (Å²) in [5.74, 6) is -0.915. The number of carbonyl (C=O) groups is 2. The average molecular weight is 309 g/mol. The molecule has 1 N–H and O–H groups in total. The highest BCUT2D eigenvalue weighted by atomic mass is 32.1. The summed E-state index contributed by atoms with van der Waals surface area (Å²) in [5, 5.41) is 11.1. The maximum atomic E-state index is 12.9. The van der Waals surface area contributed by atoms with Gasteiger partial charge < -0.3 is 14.7 Å². The molecular formula is C15H19NO4S. The largest absolute Gasteiger partial charge is 0.481 e. The topological polar surface area (TPSA) is 66.8 Å². The van der Waals surface area contributed by atoms with E-state index in [1.54, 1.807) is 16.2 Å². The van der Waals surface area contributed by atoms with Gasteiger partial charge in [-0.2, -0.15) is 0 Å². The zero-order valence-corrected chi connectivity index (χ0v) is 12.6. The van der Waals surface area contributed by atoms with Crippen molar-refractivity contribution < 1.29 is 19.4 Å². The highest BCUT2D eigenvalue weighted by Gasteiger charge is 2.36. The van der Waals surface area contributed by atoms with Crippen LogP contribution in [0.25, 0.3) is 0 Å². The Balaban J connectivity index is 1.79. The van der Waals surface area contributed by atoms with Gasteiger partial charge in [0, 0.05) is 11.4 Å². The number of fused-ring (bicyclic) bond motifs is 1. The summed E-state index contributed by atoms with van der Waals surface area (Å²) < 4.78 is 5.35. The summed E-state index contributed by atoms with van der Waals surface area (Å²) in [7, 11) is 0. The molecule has 1 amide bonds. The average Bonchev–Trinajstić information content (AvgIpc) is 2.95. The van der Waals surface area contributed by atoms with Gasteiger partial charge in [0.05, 0.1) is 31.6 Å². The van der Waals surface area contributed by atoms with Gasteiger partial charge in [0.15, 0.2) is 0 Å². The first-order valence-corrected chi connectivity index (χ1v) is 8.21. The monoisotopic (exact) mass is 309 g/mol. The number of aliphatic carboxylic acids is 1. The van der Waals surface area contributed by atoms with Gasteiger partial charge in [-0.05, 0) is 36.3 Å². The molecule has 1 aliphatic heterocycles. The summed E-state index contributed by atoms with van der Waals surface area (Å²) in [6.07, 6.45) is 2.89. The number of hydrogen-bond donors (Lipinski definition) is 1. The first kappa shape index (κ1) is 14.5. The van der Waals surface area contributed by atoms with Gasteiger partial charge in [0.25, 0.3) is 0 Å². The van der Waals surface area contributed by atoms with Crippen molar-refractivity contribution in [2.75, 3.05) is 19.8 Å². The predicted octanol–water partition coefficient (Wildman–Crippen LogP) is 1.87. The third-order valence-corrected chi connectivity index (χ3v) is 5.27. The molecule has 1 saturated heterocycles. The van der Waals surface area contributed by atoms with E-state index >= 15 is 0 Å². The minimum Gasteiger partial charge on any atom is -0.481 e. The molecule has 2 unspecified atom stereocenters. The molecule has 1 aliphatic carbocycles. The second kappa shape index (κ2) is 6.15. The van der Waals surface area contributed by atoms with E-state index in [0.717, 1.165) is 24.8 Å². The van der Waals surface area contributed by atoms with Crippen LogP contribution in [0.15, 0.2) is 11.4 Å². The van der Waals surface area contributed by atoms with Gasteiger partial charge in [-0.1, -0.05) is 0 Å². The third-order valence-electron chi connectivity index (χ3n) is 4.27. The van der Waals surface area contributed by atoms with E-state index in [0.29, 0.717) is 19.8 Å². The number of morpholine rings is 1. The number of hydrogen-bond acceptors (Lipinski definition) is 4. The predicted molar refractivity (Wildman–Crippen MR) is 78.6 cm³/mol. The quantitative estimate of drug-likeness (QED) is 0.925. The van der Waals surface area contributed by atoms with E-state index in [1.165, 1.54) is 4.88 Å². The number of rotatable bonds is 3. The number of thiophene rings is 1. The Morgan fingerprint density at radius 2 is 2.33 bits per heavy atom. The molecule has 3 rings (SSSR count). The summed E-state index contributed by atoms with van der Waals surface area (Å²) in [4.78, 5) is 26.9. The molecule has 0 spiro atoms. The second-order valence-corrected chi connectivity index (χ2v) is 6.60. The van der Waals surface area contributed by atoms with Crippen LogP contribution in [0.1, 0.15) is 35.6 Å². The lowest BCUT2D eigenvalue weighted by atomic mass is 9.86. The number of ether oxygens (including phenoxy) is 1. The van der Waals surface area contributed by atoms with Crippen molar-refractivity contribution in [2.24, 2.45) is 0 Å². The molecule has 21 heavy (non-hydrogen) atoms. The first-order chi connectivity index (χ1) is 10.2. The lowest BCUT2D eigenvalue weighted by molar-refractivity contribution is -0.147. The van der Waals surface area contributed by atoms with Crippen LogP contribution in [0.4, 0.5) is 0 Å². The van der Waals surface area contributed by atoms with E-state index in [4.69, 9.17) is 9.84 Å². The molecule has 1 aromatic rings. The Kier molecular flexibility index (Phi) is 4.26. The van der Waals surface area contributed by atoms with Gasteiger partial charge in [0.2, 0.25) is 5.91 Å². The summed E-state index contributed by atoms with van der Waals surface area (Å²) in [6.45, 7) is 1.30.